The Morgan fingerprint density at radius 1 is 1.30 bits per heavy atom. The number of furan rings is 1. The number of aromatic nitrogens is 1. The Kier molecular flexibility index (Phi) is 3.98. The smallest absolute Gasteiger partial charge is 0.244 e. The second-order valence-corrected chi connectivity index (χ2v) is 6.14. The summed E-state index contributed by atoms with van der Waals surface area (Å²) in [6.07, 6.45) is 0. The number of hydrogen-bond donors (Lipinski definition) is 2. The molecule has 0 aliphatic heterocycles. The molecule has 20 heavy (non-hydrogen) atoms. The van der Waals surface area contributed by atoms with E-state index in [1.165, 1.54) is 0 Å². The summed E-state index contributed by atoms with van der Waals surface area (Å²) in [6, 6.07) is 1.64. The third-order valence-corrected chi connectivity index (χ3v) is 4.47. The maximum atomic E-state index is 12.3. The first-order valence-corrected chi connectivity index (χ1v) is 7.45. The first-order valence-electron chi connectivity index (χ1n) is 5.96. The fraction of sp³-hybridized carbons (Fsp3) is 0.417. The van der Waals surface area contributed by atoms with Crippen LogP contribution in [-0.4, -0.2) is 18.7 Å². The molecule has 0 amide bonds. The molecule has 0 saturated carbocycles. The summed E-state index contributed by atoms with van der Waals surface area (Å²) in [5, 5.41) is 13.0. The standard InChI is InChI=1S/C12H16N2O5S/c1-7-4-10(14-19-7)5-13-20(16,17)12-9(3)18-8(2)11(12)6-15/h4,13,15H,5-6H2,1-3H3. The van der Waals surface area contributed by atoms with E-state index in [-0.39, 0.29) is 22.8 Å². The van der Waals surface area contributed by atoms with Gasteiger partial charge in [-0.15, -0.1) is 0 Å². The number of aryl methyl sites for hydroxylation is 3. The van der Waals surface area contributed by atoms with Gasteiger partial charge in [-0.3, -0.25) is 0 Å². The normalized spacial score (nSPS) is 12.0. The van der Waals surface area contributed by atoms with Crippen LogP contribution in [0.5, 0.6) is 0 Å². The molecule has 0 aromatic carbocycles. The van der Waals surface area contributed by atoms with Crippen LogP contribution in [0.2, 0.25) is 0 Å². The van der Waals surface area contributed by atoms with Crippen molar-refractivity contribution in [3.8, 4) is 0 Å². The number of aliphatic hydroxyl groups excluding tert-OH is 1. The molecular weight excluding hydrogens is 284 g/mol. The largest absolute Gasteiger partial charge is 0.465 e. The highest BCUT2D eigenvalue weighted by Crippen LogP contribution is 2.26. The third-order valence-electron chi connectivity index (χ3n) is 2.87. The van der Waals surface area contributed by atoms with Gasteiger partial charge in [0.2, 0.25) is 10.0 Å². The molecule has 0 aliphatic carbocycles. The van der Waals surface area contributed by atoms with Crippen molar-refractivity contribution in [2.75, 3.05) is 0 Å². The minimum absolute atomic E-state index is 0.00814. The van der Waals surface area contributed by atoms with Gasteiger partial charge >= 0.3 is 0 Å². The Hall–Kier alpha value is -1.64. The number of nitrogens with zero attached hydrogens (tertiary/aromatic N) is 1. The van der Waals surface area contributed by atoms with Crippen molar-refractivity contribution in [3.63, 3.8) is 0 Å². The molecule has 2 aromatic heterocycles. The van der Waals surface area contributed by atoms with Crippen molar-refractivity contribution in [1.29, 1.82) is 0 Å². The lowest BCUT2D eigenvalue weighted by Crippen LogP contribution is -2.24. The second-order valence-electron chi connectivity index (χ2n) is 4.43. The first kappa shape index (κ1) is 14.8. The molecule has 2 rings (SSSR count). The van der Waals surface area contributed by atoms with Crippen LogP contribution in [0.3, 0.4) is 0 Å². The summed E-state index contributed by atoms with van der Waals surface area (Å²) in [6.45, 7) is 4.48. The van der Waals surface area contributed by atoms with Gasteiger partial charge in [0.15, 0.2) is 0 Å². The van der Waals surface area contributed by atoms with Crippen molar-refractivity contribution in [2.24, 2.45) is 0 Å². The summed E-state index contributed by atoms with van der Waals surface area (Å²) in [4.78, 5) is -0.0160. The van der Waals surface area contributed by atoms with E-state index in [2.05, 4.69) is 9.88 Å². The van der Waals surface area contributed by atoms with Crippen LogP contribution in [0.4, 0.5) is 0 Å². The highest BCUT2D eigenvalue weighted by Gasteiger charge is 2.26. The van der Waals surface area contributed by atoms with Gasteiger partial charge in [0.1, 0.15) is 22.2 Å². The molecule has 2 aromatic rings. The Balaban J connectivity index is 2.27. The van der Waals surface area contributed by atoms with Crippen LogP contribution in [0.1, 0.15) is 28.5 Å². The highest BCUT2D eigenvalue weighted by atomic mass is 32.2. The molecule has 2 N–H and O–H groups in total. The average molecular weight is 300 g/mol. The average Bonchev–Trinajstić information content (AvgIpc) is 2.90. The van der Waals surface area contributed by atoms with Gasteiger partial charge < -0.3 is 14.0 Å². The molecule has 0 bridgehead atoms. The van der Waals surface area contributed by atoms with Crippen LogP contribution in [0.25, 0.3) is 0 Å². The summed E-state index contributed by atoms with van der Waals surface area (Å²) >= 11 is 0. The SMILES string of the molecule is Cc1cc(CNS(=O)(=O)c2c(C)oc(C)c2CO)no1. The van der Waals surface area contributed by atoms with E-state index in [1.54, 1.807) is 26.8 Å². The van der Waals surface area contributed by atoms with Crippen LogP contribution in [-0.2, 0) is 23.2 Å². The summed E-state index contributed by atoms with van der Waals surface area (Å²) in [5.41, 5.74) is 0.751. The van der Waals surface area contributed by atoms with E-state index in [4.69, 9.17) is 8.94 Å². The van der Waals surface area contributed by atoms with E-state index in [0.717, 1.165) is 0 Å². The van der Waals surface area contributed by atoms with Gasteiger partial charge in [0.05, 0.1) is 18.8 Å². The topological polar surface area (TPSA) is 106 Å². The molecule has 110 valence electrons. The predicted molar refractivity (Wildman–Crippen MR) is 69.4 cm³/mol. The van der Waals surface area contributed by atoms with Gasteiger partial charge in [0, 0.05) is 11.6 Å². The van der Waals surface area contributed by atoms with Crippen LogP contribution in [0, 0.1) is 20.8 Å². The Morgan fingerprint density at radius 2 is 2.00 bits per heavy atom. The molecule has 0 saturated heterocycles. The molecular formula is C12H16N2O5S. The maximum Gasteiger partial charge on any atom is 0.244 e. The fourth-order valence-electron chi connectivity index (χ4n) is 1.99. The van der Waals surface area contributed by atoms with Crippen molar-refractivity contribution in [2.45, 2.75) is 38.8 Å². The second kappa shape index (κ2) is 5.39. The highest BCUT2D eigenvalue weighted by molar-refractivity contribution is 7.89. The fourth-order valence-corrected chi connectivity index (χ4v) is 3.42. The van der Waals surface area contributed by atoms with Gasteiger partial charge in [-0.25, -0.2) is 13.1 Å². The van der Waals surface area contributed by atoms with Crippen molar-refractivity contribution >= 4 is 10.0 Å². The predicted octanol–water partition coefficient (Wildman–Crippen LogP) is 1.16. The monoisotopic (exact) mass is 300 g/mol. The quantitative estimate of drug-likeness (QED) is 0.858. The summed E-state index contributed by atoms with van der Waals surface area (Å²) in [7, 11) is -3.79. The van der Waals surface area contributed by atoms with Crippen molar-refractivity contribution in [3.05, 3.63) is 34.6 Å². The van der Waals surface area contributed by atoms with Gasteiger partial charge in [-0.2, -0.15) is 0 Å². The number of rotatable bonds is 5. The minimum Gasteiger partial charge on any atom is -0.465 e. The number of nitrogens with one attached hydrogen (secondary N) is 1. The van der Waals surface area contributed by atoms with E-state index >= 15 is 0 Å². The third kappa shape index (κ3) is 2.77. The van der Waals surface area contributed by atoms with Crippen LogP contribution >= 0.6 is 0 Å². The molecule has 0 aliphatic rings. The molecule has 0 atom stereocenters. The lowest BCUT2D eigenvalue weighted by molar-refractivity contribution is 0.276. The summed E-state index contributed by atoms with van der Waals surface area (Å²) < 4.78 is 37.1. The van der Waals surface area contributed by atoms with E-state index < -0.39 is 16.6 Å². The molecule has 0 unspecified atom stereocenters. The number of sulfonamides is 1. The molecule has 0 spiro atoms. The number of aliphatic hydroxyl groups is 1. The van der Waals surface area contributed by atoms with Gasteiger partial charge in [-0.05, 0) is 20.8 Å². The van der Waals surface area contributed by atoms with Crippen LogP contribution in [0.15, 0.2) is 19.9 Å². The zero-order valence-corrected chi connectivity index (χ0v) is 12.2. The summed E-state index contributed by atoms with van der Waals surface area (Å²) in [5.74, 6) is 1.24. The maximum absolute atomic E-state index is 12.3. The lowest BCUT2D eigenvalue weighted by atomic mass is 10.2. The Bertz CT molecular complexity index is 714. The zero-order chi connectivity index (χ0) is 14.9. The molecule has 8 heteroatoms. The molecule has 0 radical (unpaired) electrons. The van der Waals surface area contributed by atoms with E-state index in [9.17, 15) is 13.5 Å². The Morgan fingerprint density at radius 3 is 2.55 bits per heavy atom. The van der Waals surface area contributed by atoms with Crippen molar-refractivity contribution < 1.29 is 22.5 Å². The molecule has 0 fully saturated rings. The van der Waals surface area contributed by atoms with E-state index in [0.29, 0.717) is 17.2 Å². The van der Waals surface area contributed by atoms with Crippen molar-refractivity contribution in [1.82, 2.24) is 9.88 Å². The van der Waals surface area contributed by atoms with E-state index in [1.807, 2.05) is 0 Å². The first-order chi connectivity index (χ1) is 9.35. The zero-order valence-electron chi connectivity index (χ0n) is 11.4. The minimum atomic E-state index is -3.79. The molecule has 2 heterocycles. The van der Waals surface area contributed by atoms with Gasteiger partial charge in [0.25, 0.3) is 0 Å². The lowest BCUT2D eigenvalue weighted by Gasteiger charge is -2.05. The molecule has 7 nitrogen and oxygen atoms in total. The Labute approximate surface area is 116 Å². The van der Waals surface area contributed by atoms with Gasteiger partial charge in [-0.1, -0.05) is 5.16 Å². The number of hydrogen-bond acceptors (Lipinski definition) is 6. The van der Waals surface area contributed by atoms with Crippen LogP contribution < -0.4 is 4.72 Å².